The van der Waals surface area contributed by atoms with Gasteiger partial charge >= 0.3 is 5.97 Å². The van der Waals surface area contributed by atoms with Gasteiger partial charge in [0, 0.05) is 10.9 Å². The van der Waals surface area contributed by atoms with Crippen molar-refractivity contribution in [1.29, 1.82) is 0 Å². The third-order valence-corrected chi connectivity index (χ3v) is 4.09. The number of nitrogens with two attached hydrogens (primary N) is 1. The molecule has 1 aliphatic rings. The predicted molar refractivity (Wildman–Crippen MR) is 69.0 cm³/mol. The van der Waals surface area contributed by atoms with Crippen LogP contribution in [0.3, 0.4) is 0 Å². The summed E-state index contributed by atoms with van der Waals surface area (Å²) >= 11 is 1.79. The fourth-order valence-corrected chi connectivity index (χ4v) is 2.76. The fourth-order valence-electron chi connectivity index (χ4n) is 2.10. The van der Waals surface area contributed by atoms with Crippen LogP contribution in [0.25, 0.3) is 0 Å². The lowest BCUT2D eigenvalue weighted by atomic mass is 10.0. The summed E-state index contributed by atoms with van der Waals surface area (Å²) in [6.45, 7) is 2.12. The van der Waals surface area contributed by atoms with E-state index in [1.54, 1.807) is 11.8 Å². The van der Waals surface area contributed by atoms with Crippen LogP contribution in [0.1, 0.15) is 24.9 Å². The molecule has 3 atom stereocenters. The maximum absolute atomic E-state index is 10.8. The first-order valence-corrected chi connectivity index (χ1v) is 6.83. The molecule has 1 aromatic rings. The van der Waals surface area contributed by atoms with Gasteiger partial charge < -0.3 is 10.8 Å². The number of rotatable bonds is 5. The van der Waals surface area contributed by atoms with Gasteiger partial charge in [-0.05, 0) is 35.8 Å². The molecule has 1 aromatic carbocycles. The minimum Gasteiger partial charge on any atom is -0.481 e. The van der Waals surface area contributed by atoms with Gasteiger partial charge in [-0.25, -0.2) is 0 Å². The highest BCUT2D eigenvalue weighted by Crippen LogP contribution is 2.46. The highest BCUT2D eigenvalue weighted by molar-refractivity contribution is 7.99. The molecule has 0 aliphatic heterocycles. The van der Waals surface area contributed by atoms with Gasteiger partial charge in [-0.2, -0.15) is 0 Å². The second-order valence-corrected chi connectivity index (χ2v) is 5.71. The fraction of sp³-hybridized carbons (Fsp3) is 0.462. The molecule has 4 heteroatoms. The second-order valence-electron chi connectivity index (χ2n) is 4.37. The molecule has 0 heterocycles. The molecule has 1 fully saturated rings. The minimum atomic E-state index is -0.719. The first kappa shape index (κ1) is 12.5. The molecule has 1 aliphatic carbocycles. The van der Waals surface area contributed by atoms with Gasteiger partial charge in [0.2, 0.25) is 0 Å². The Bertz CT molecular complexity index is 404. The SMILES string of the molecule is CCSc1ccc(C(N)C2CC2C(=O)O)cc1. The number of carboxylic acid groups (broad SMARTS) is 1. The summed E-state index contributed by atoms with van der Waals surface area (Å²) in [4.78, 5) is 12.0. The zero-order valence-electron chi connectivity index (χ0n) is 9.80. The molecule has 3 unspecified atom stereocenters. The van der Waals surface area contributed by atoms with Crippen molar-refractivity contribution >= 4 is 17.7 Å². The number of carboxylic acids is 1. The smallest absolute Gasteiger partial charge is 0.306 e. The molecule has 92 valence electrons. The van der Waals surface area contributed by atoms with Crippen LogP contribution in [-0.4, -0.2) is 16.8 Å². The summed E-state index contributed by atoms with van der Waals surface area (Å²) in [7, 11) is 0. The zero-order valence-corrected chi connectivity index (χ0v) is 10.6. The molecule has 2 rings (SSSR count). The Hall–Kier alpha value is -1.00. The molecule has 1 saturated carbocycles. The molecule has 3 nitrogen and oxygen atoms in total. The normalized spacial score (nSPS) is 24.4. The second kappa shape index (κ2) is 5.10. The summed E-state index contributed by atoms with van der Waals surface area (Å²) < 4.78 is 0. The Balaban J connectivity index is 2.00. The van der Waals surface area contributed by atoms with Crippen LogP contribution in [0.4, 0.5) is 0 Å². The van der Waals surface area contributed by atoms with Crippen LogP contribution < -0.4 is 5.73 Å². The van der Waals surface area contributed by atoms with E-state index in [0.717, 1.165) is 11.3 Å². The number of aliphatic carboxylic acids is 1. The Morgan fingerprint density at radius 1 is 1.53 bits per heavy atom. The average Bonchev–Trinajstić information content (AvgIpc) is 3.09. The number of benzene rings is 1. The van der Waals surface area contributed by atoms with Gasteiger partial charge in [-0.3, -0.25) is 4.79 Å². The van der Waals surface area contributed by atoms with Gasteiger partial charge in [-0.1, -0.05) is 19.1 Å². The monoisotopic (exact) mass is 251 g/mol. The van der Waals surface area contributed by atoms with Crippen LogP contribution in [-0.2, 0) is 4.79 Å². The van der Waals surface area contributed by atoms with Crippen molar-refractivity contribution in [2.24, 2.45) is 17.6 Å². The highest BCUT2D eigenvalue weighted by Gasteiger charge is 2.47. The highest BCUT2D eigenvalue weighted by atomic mass is 32.2. The van der Waals surface area contributed by atoms with Crippen LogP contribution in [0, 0.1) is 11.8 Å². The number of carbonyl (C=O) groups is 1. The average molecular weight is 251 g/mol. The molecule has 3 N–H and O–H groups in total. The van der Waals surface area contributed by atoms with E-state index in [4.69, 9.17) is 10.8 Å². The number of hydrogen-bond acceptors (Lipinski definition) is 3. The summed E-state index contributed by atoms with van der Waals surface area (Å²) in [6.07, 6.45) is 0.710. The lowest BCUT2D eigenvalue weighted by Crippen LogP contribution is -2.15. The lowest BCUT2D eigenvalue weighted by Gasteiger charge is -2.11. The first-order chi connectivity index (χ1) is 8.13. The van der Waals surface area contributed by atoms with E-state index in [9.17, 15) is 4.79 Å². The van der Waals surface area contributed by atoms with Gasteiger partial charge in [0.1, 0.15) is 0 Å². The lowest BCUT2D eigenvalue weighted by molar-refractivity contribution is -0.138. The number of hydrogen-bond donors (Lipinski definition) is 2. The molecule has 0 bridgehead atoms. The molecule has 0 saturated heterocycles. The van der Waals surface area contributed by atoms with Crippen molar-refractivity contribution in [3.63, 3.8) is 0 Å². The van der Waals surface area contributed by atoms with Gasteiger partial charge in [0.15, 0.2) is 0 Å². The molecule has 0 spiro atoms. The zero-order chi connectivity index (χ0) is 12.4. The Morgan fingerprint density at radius 3 is 2.65 bits per heavy atom. The van der Waals surface area contributed by atoms with E-state index in [1.807, 2.05) is 12.1 Å². The van der Waals surface area contributed by atoms with E-state index < -0.39 is 5.97 Å². The predicted octanol–water partition coefficient (Wildman–Crippen LogP) is 2.52. The van der Waals surface area contributed by atoms with E-state index >= 15 is 0 Å². The van der Waals surface area contributed by atoms with E-state index in [-0.39, 0.29) is 17.9 Å². The molecular formula is C13H17NO2S. The van der Waals surface area contributed by atoms with Crippen LogP contribution >= 0.6 is 11.8 Å². The Labute approximate surface area is 105 Å². The van der Waals surface area contributed by atoms with Gasteiger partial charge in [0.05, 0.1) is 5.92 Å². The molecule has 0 radical (unpaired) electrons. The largest absolute Gasteiger partial charge is 0.481 e. The quantitative estimate of drug-likeness (QED) is 0.789. The maximum atomic E-state index is 10.8. The van der Waals surface area contributed by atoms with Gasteiger partial charge in [0.25, 0.3) is 0 Å². The third-order valence-electron chi connectivity index (χ3n) is 3.19. The van der Waals surface area contributed by atoms with Crippen molar-refractivity contribution in [2.75, 3.05) is 5.75 Å². The molecule has 17 heavy (non-hydrogen) atoms. The molecule has 0 amide bonds. The van der Waals surface area contributed by atoms with Crippen LogP contribution in [0.5, 0.6) is 0 Å². The maximum Gasteiger partial charge on any atom is 0.306 e. The Morgan fingerprint density at radius 2 is 2.18 bits per heavy atom. The van der Waals surface area contributed by atoms with Crippen molar-refractivity contribution in [3.05, 3.63) is 29.8 Å². The summed E-state index contributed by atoms with van der Waals surface area (Å²) in [5, 5.41) is 8.87. The van der Waals surface area contributed by atoms with Crippen LogP contribution in [0.2, 0.25) is 0 Å². The Kier molecular flexibility index (Phi) is 3.74. The molecular weight excluding hydrogens is 234 g/mol. The van der Waals surface area contributed by atoms with E-state index in [0.29, 0.717) is 6.42 Å². The summed E-state index contributed by atoms with van der Waals surface area (Å²) in [5.41, 5.74) is 7.12. The molecule has 0 aromatic heterocycles. The first-order valence-electron chi connectivity index (χ1n) is 5.84. The summed E-state index contributed by atoms with van der Waals surface area (Å²) in [5.74, 6) is 0.199. The van der Waals surface area contributed by atoms with Crippen LogP contribution in [0.15, 0.2) is 29.2 Å². The standard InChI is InChI=1S/C13H17NO2S/c1-2-17-9-5-3-8(4-6-9)12(14)10-7-11(10)13(15)16/h3-6,10-12H,2,7,14H2,1H3,(H,15,16). The van der Waals surface area contributed by atoms with E-state index in [2.05, 4.69) is 19.1 Å². The van der Waals surface area contributed by atoms with Crippen molar-refractivity contribution in [1.82, 2.24) is 0 Å². The minimum absolute atomic E-state index is 0.108. The number of thioether (sulfide) groups is 1. The van der Waals surface area contributed by atoms with Gasteiger partial charge in [-0.15, -0.1) is 11.8 Å². The third kappa shape index (κ3) is 2.82. The van der Waals surface area contributed by atoms with Crippen molar-refractivity contribution < 1.29 is 9.90 Å². The summed E-state index contributed by atoms with van der Waals surface area (Å²) in [6, 6.07) is 8.00. The topological polar surface area (TPSA) is 63.3 Å². The van der Waals surface area contributed by atoms with Crippen molar-refractivity contribution in [3.8, 4) is 0 Å². The van der Waals surface area contributed by atoms with Crippen molar-refractivity contribution in [2.45, 2.75) is 24.3 Å². The van der Waals surface area contributed by atoms with E-state index in [1.165, 1.54) is 4.90 Å².